The maximum atomic E-state index is 12.1. The van der Waals surface area contributed by atoms with Crippen LogP contribution >= 0.6 is 0 Å². The number of carbonyl (C=O) groups excluding carboxylic acids is 1. The number of likely N-dealkylation sites (tertiary alicyclic amines) is 1. The summed E-state index contributed by atoms with van der Waals surface area (Å²) in [6, 6.07) is 5.40. The van der Waals surface area contributed by atoms with Crippen molar-refractivity contribution in [3.05, 3.63) is 39.9 Å². The molecule has 6 heteroatoms. The van der Waals surface area contributed by atoms with Gasteiger partial charge < -0.3 is 10.0 Å². The largest absolute Gasteiger partial charge is 0.394 e. The molecule has 1 saturated heterocycles. The number of hydrogen-bond donors (Lipinski definition) is 1. The van der Waals surface area contributed by atoms with Gasteiger partial charge in [0.1, 0.15) is 0 Å². The molecule has 1 aliphatic rings. The first-order chi connectivity index (χ1) is 8.63. The van der Waals surface area contributed by atoms with Crippen molar-refractivity contribution in [3.63, 3.8) is 0 Å². The molecule has 2 rings (SSSR count). The minimum absolute atomic E-state index is 0.0355. The summed E-state index contributed by atoms with van der Waals surface area (Å²) < 4.78 is 0. The number of amides is 1. The molecule has 0 unspecified atom stereocenters. The third-order valence-electron chi connectivity index (χ3n) is 3.17. The van der Waals surface area contributed by atoms with E-state index in [0.717, 1.165) is 12.8 Å². The second kappa shape index (κ2) is 5.14. The molecular weight excluding hydrogens is 236 g/mol. The van der Waals surface area contributed by atoms with Crippen molar-refractivity contribution in [1.29, 1.82) is 0 Å². The first-order valence-electron chi connectivity index (χ1n) is 5.80. The second-order valence-electron chi connectivity index (χ2n) is 4.28. The average molecular weight is 250 g/mol. The van der Waals surface area contributed by atoms with E-state index < -0.39 is 4.92 Å². The van der Waals surface area contributed by atoms with Crippen molar-refractivity contribution in [2.45, 2.75) is 18.9 Å². The zero-order valence-electron chi connectivity index (χ0n) is 9.78. The SMILES string of the molecule is O=C(c1ccc([N+](=O)[O-])cc1)N1CCC[C@@H]1CO. The Morgan fingerprint density at radius 2 is 2.11 bits per heavy atom. The molecule has 0 spiro atoms. The summed E-state index contributed by atoms with van der Waals surface area (Å²) in [6.45, 7) is 0.583. The Hall–Kier alpha value is -1.95. The molecule has 6 nitrogen and oxygen atoms in total. The highest BCUT2D eigenvalue weighted by Gasteiger charge is 2.28. The maximum Gasteiger partial charge on any atom is 0.269 e. The molecule has 1 amide bonds. The van der Waals surface area contributed by atoms with Gasteiger partial charge in [0.05, 0.1) is 17.6 Å². The summed E-state index contributed by atoms with van der Waals surface area (Å²) in [6.07, 6.45) is 1.68. The zero-order chi connectivity index (χ0) is 13.1. The molecule has 0 bridgehead atoms. The van der Waals surface area contributed by atoms with Gasteiger partial charge >= 0.3 is 0 Å². The van der Waals surface area contributed by atoms with E-state index in [0.29, 0.717) is 12.1 Å². The Bertz CT molecular complexity index is 458. The molecule has 1 aromatic rings. The van der Waals surface area contributed by atoms with Crippen molar-refractivity contribution in [1.82, 2.24) is 4.90 Å². The molecule has 0 aromatic heterocycles. The third kappa shape index (κ3) is 2.33. The van der Waals surface area contributed by atoms with Crippen LogP contribution in [-0.2, 0) is 0 Å². The average Bonchev–Trinajstić information content (AvgIpc) is 2.86. The minimum atomic E-state index is -0.499. The van der Waals surface area contributed by atoms with E-state index in [2.05, 4.69) is 0 Å². The van der Waals surface area contributed by atoms with E-state index in [1.54, 1.807) is 4.90 Å². The van der Waals surface area contributed by atoms with Gasteiger partial charge in [0.15, 0.2) is 0 Å². The number of carbonyl (C=O) groups is 1. The van der Waals surface area contributed by atoms with Crippen LogP contribution < -0.4 is 0 Å². The lowest BCUT2D eigenvalue weighted by molar-refractivity contribution is -0.384. The molecule has 1 N–H and O–H groups in total. The standard InChI is InChI=1S/C12H14N2O4/c15-8-11-2-1-7-13(11)12(16)9-3-5-10(6-4-9)14(17)18/h3-6,11,15H,1-2,7-8H2/t11-/m1/s1. The van der Waals surface area contributed by atoms with Gasteiger partial charge in [-0.05, 0) is 25.0 Å². The fourth-order valence-electron chi connectivity index (χ4n) is 2.18. The predicted octanol–water partition coefficient (Wildman–Crippen LogP) is 1.19. The van der Waals surface area contributed by atoms with Crippen LogP contribution in [0.1, 0.15) is 23.2 Å². The van der Waals surface area contributed by atoms with E-state index in [1.807, 2.05) is 0 Å². The summed E-state index contributed by atoms with van der Waals surface area (Å²) in [4.78, 5) is 23.8. The van der Waals surface area contributed by atoms with E-state index in [4.69, 9.17) is 5.11 Å². The Morgan fingerprint density at radius 1 is 1.44 bits per heavy atom. The fourth-order valence-corrected chi connectivity index (χ4v) is 2.18. The van der Waals surface area contributed by atoms with E-state index in [-0.39, 0.29) is 24.2 Å². The molecular formula is C12H14N2O4. The lowest BCUT2D eigenvalue weighted by Crippen LogP contribution is -2.37. The third-order valence-corrected chi connectivity index (χ3v) is 3.17. The van der Waals surface area contributed by atoms with Crippen molar-refractivity contribution in [2.24, 2.45) is 0 Å². The topological polar surface area (TPSA) is 83.7 Å². The van der Waals surface area contributed by atoms with Gasteiger partial charge in [0.2, 0.25) is 0 Å². The molecule has 18 heavy (non-hydrogen) atoms. The Balaban J connectivity index is 2.16. The van der Waals surface area contributed by atoms with Gasteiger partial charge in [-0.1, -0.05) is 0 Å². The van der Waals surface area contributed by atoms with Crippen molar-refractivity contribution in [3.8, 4) is 0 Å². The molecule has 0 radical (unpaired) electrons. The van der Waals surface area contributed by atoms with Gasteiger partial charge in [-0.15, -0.1) is 0 Å². The maximum absolute atomic E-state index is 12.1. The van der Waals surface area contributed by atoms with Gasteiger partial charge in [-0.3, -0.25) is 14.9 Å². The van der Waals surface area contributed by atoms with Crippen LogP contribution in [0, 0.1) is 10.1 Å². The quantitative estimate of drug-likeness (QED) is 0.645. The minimum Gasteiger partial charge on any atom is -0.394 e. The molecule has 1 fully saturated rings. The highest BCUT2D eigenvalue weighted by molar-refractivity contribution is 5.94. The van der Waals surface area contributed by atoms with E-state index in [9.17, 15) is 14.9 Å². The number of nitrogens with zero attached hydrogens (tertiary/aromatic N) is 2. The number of non-ortho nitro benzene ring substituents is 1. The highest BCUT2D eigenvalue weighted by Crippen LogP contribution is 2.20. The summed E-state index contributed by atoms with van der Waals surface area (Å²) in [5.41, 5.74) is 0.382. The summed E-state index contributed by atoms with van der Waals surface area (Å²) in [7, 11) is 0. The highest BCUT2D eigenvalue weighted by atomic mass is 16.6. The van der Waals surface area contributed by atoms with Crippen molar-refractivity contribution in [2.75, 3.05) is 13.2 Å². The van der Waals surface area contributed by atoms with Gasteiger partial charge in [-0.25, -0.2) is 0 Å². The van der Waals surface area contributed by atoms with Gasteiger partial charge in [-0.2, -0.15) is 0 Å². The van der Waals surface area contributed by atoms with Gasteiger partial charge in [0, 0.05) is 24.2 Å². The number of aliphatic hydroxyl groups is 1. The normalized spacial score (nSPS) is 18.9. The Morgan fingerprint density at radius 3 is 2.67 bits per heavy atom. The van der Waals surface area contributed by atoms with Crippen LogP contribution in [0.5, 0.6) is 0 Å². The predicted molar refractivity (Wildman–Crippen MR) is 64.2 cm³/mol. The monoisotopic (exact) mass is 250 g/mol. The first-order valence-corrected chi connectivity index (χ1v) is 5.80. The number of nitro benzene ring substituents is 1. The molecule has 1 atom stereocenters. The van der Waals surface area contributed by atoms with Crippen LogP contribution in [0.3, 0.4) is 0 Å². The lowest BCUT2D eigenvalue weighted by Gasteiger charge is -2.22. The van der Waals surface area contributed by atoms with E-state index >= 15 is 0 Å². The number of aliphatic hydroxyl groups excluding tert-OH is 1. The van der Waals surface area contributed by atoms with Crippen LogP contribution in [0.25, 0.3) is 0 Å². The summed E-state index contributed by atoms with van der Waals surface area (Å²) >= 11 is 0. The molecule has 0 saturated carbocycles. The summed E-state index contributed by atoms with van der Waals surface area (Å²) in [5, 5.41) is 19.7. The lowest BCUT2D eigenvalue weighted by atomic mass is 10.1. The zero-order valence-corrected chi connectivity index (χ0v) is 9.78. The molecule has 1 aliphatic heterocycles. The smallest absolute Gasteiger partial charge is 0.269 e. The van der Waals surface area contributed by atoms with E-state index in [1.165, 1.54) is 24.3 Å². The van der Waals surface area contributed by atoms with Crippen LogP contribution in [0.15, 0.2) is 24.3 Å². The molecule has 1 heterocycles. The van der Waals surface area contributed by atoms with Gasteiger partial charge in [0.25, 0.3) is 11.6 Å². The molecule has 96 valence electrons. The summed E-state index contributed by atoms with van der Waals surface area (Å²) in [5.74, 6) is -0.179. The van der Waals surface area contributed by atoms with Crippen molar-refractivity contribution >= 4 is 11.6 Å². The fraction of sp³-hybridized carbons (Fsp3) is 0.417. The second-order valence-corrected chi connectivity index (χ2v) is 4.28. The van der Waals surface area contributed by atoms with Crippen LogP contribution in [-0.4, -0.2) is 40.0 Å². The van der Waals surface area contributed by atoms with Crippen LogP contribution in [0.2, 0.25) is 0 Å². The first kappa shape index (κ1) is 12.5. The Kier molecular flexibility index (Phi) is 3.57. The number of rotatable bonds is 3. The van der Waals surface area contributed by atoms with Crippen molar-refractivity contribution < 1.29 is 14.8 Å². The molecule has 1 aromatic carbocycles. The number of hydrogen-bond acceptors (Lipinski definition) is 4. The molecule has 0 aliphatic carbocycles. The Labute approximate surface area is 104 Å². The number of nitro groups is 1. The van der Waals surface area contributed by atoms with Crippen LogP contribution in [0.4, 0.5) is 5.69 Å². The number of benzene rings is 1.